The molecule has 0 atom stereocenters. The van der Waals surface area contributed by atoms with Gasteiger partial charge in [-0.15, -0.1) is 0 Å². The number of carbonyl (C=O) groups excluding carboxylic acids is 1. The molecule has 0 saturated carbocycles. The molecule has 0 radical (unpaired) electrons. The molecule has 0 aliphatic rings. The predicted molar refractivity (Wildman–Crippen MR) is 79.8 cm³/mol. The van der Waals surface area contributed by atoms with Gasteiger partial charge in [0.2, 0.25) is 0 Å². The van der Waals surface area contributed by atoms with Gasteiger partial charge in [0.15, 0.2) is 0 Å². The van der Waals surface area contributed by atoms with Crippen molar-refractivity contribution in [2.75, 3.05) is 17.7 Å². The maximum Gasteiger partial charge on any atom is 0.257 e. The highest BCUT2D eigenvalue weighted by atomic mass is 19.1. The molecule has 0 saturated heterocycles. The molecule has 2 aromatic carbocycles. The fourth-order valence-electron chi connectivity index (χ4n) is 2.04. The summed E-state index contributed by atoms with van der Waals surface area (Å²) in [6.07, 6.45) is 0. The number of nitrogens with one attached hydrogen (secondary N) is 2. The number of benzene rings is 2. The summed E-state index contributed by atoms with van der Waals surface area (Å²) >= 11 is 0. The summed E-state index contributed by atoms with van der Waals surface area (Å²) in [5.41, 5.74) is 3.09. The first-order chi connectivity index (χ1) is 9.52. The van der Waals surface area contributed by atoms with Gasteiger partial charge in [-0.25, -0.2) is 4.39 Å². The van der Waals surface area contributed by atoms with E-state index in [4.69, 9.17) is 0 Å². The molecule has 2 rings (SSSR count). The third-order valence-corrected chi connectivity index (χ3v) is 3.15. The third-order valence-electron chi connectivity index (χ3n) is 3.15. The summed E-state index contributed by atoms with van der Waals surface area (Å²) in [5.74, 6) is -0.761. The maximum absolute atomic E-state index is 13.8. The van der Waals surface area contributed by atoms with Gasteiger partial charge in [0, 0.05) is 12.7 Å². The number of rotatable bonds is 3. The summed E-state index contributed by atoms with van der Waals surface area (Å²) < 4.78 is 13.8. The molecule has 0 heterocycles. The summed E-state index contributed by atoms with van der Waals surface area (Å²) in [4.78, 5) is 12.3. The number of para-hydroxylation sites is 1. The van der Waals surface area contributed by atoms with Crippen LogP contribution in [0.25, 0.3) is 0 Å². The lowest BCUT2D eigenvalue weighted by Crippen LogP contribution is -2.16. The number of carbonyl (C=O) groups is 1. The van der Waals surface area contributed by atoms with Crippen LogP contribution in [0, 0.1) is 19.7 Å². The van der Waals surface area contributed by atoms with E-state index in [1.54, 1.807) is 32.2 Å². The zero-order valence-corrected chi connectivity index (χ0v) is 11.8. The van der Waals surface area contributed by atoms with Crippen LogP contribution in [0.3, 0.4) is 0 Å². The highest BCUT2D eigenvalue weighted by Gasteiger charge is 2.14. The van der Waals surface area contributed by atoms with Crippen LogP contribution in [0.15, 0.2) is 36.4 Å². The van der Waals surface area contributed by atoms with Crippen molar-refractivity contribution in [2.24, 2.45) is 0 Å². The number of halogens is 1. The number of hydrogen-bond acceptors (Lipinski definition) is 2. The Morgan fingerprint density at radius 3 is 2.55 bits per heavy atom. The normalized spacial score (nSPS) is 10.2. The molecule has 104 valence electrons. The minimum atomic E-state index is -0.433. The van der Waals surface area contributed by atoms with Gasteiger partial charge in [0.1, 0.15) is 5.82 Å². The lowest BCUT2D eigenvalue weighted by Gasteiger charge is -2.12. The lowest BCUT2D eigenvalue weighted by molar-refractivity contribution is 0.102. The molecule has 4 heteroatoms. The van der Waals surface area contributed by atoms with Crippen molar-refractivity contribution in [3.63, 3.8) is 0 Å². The van der Waals surface area contributed by atoms with Crippen LogP contribution in [-0.2, 0) is 0 Å². The van der Waals surface area contributed by atoms with Crippen molar-refractivity contribution < 1.29 is 9.18 Å². The molecule has 0 aliphatic carbocycles. The number of anilines is 2. The number of hydrogen-bond donors (Lipinski definition) is 2. The first-order valence-electron chi connectivity index (χ1n) is 6.38. The SMILES string of the molecule is CNc1ccc(C)cc1C(=O)Nc1c(C)cccc1F. The van der Waals surface area contributed by atoms with Crippen molar-refractivity contribution >= 4 is 17.3 Å². The molecule has 0 spiro atoms. The topological polar surface area (TPSA) is 41.1 Å². The highest BCUT2D eigenvalue weighted by molar-refractivity contribution is 6.08. The van der Waals surface area contributed by atoms with Gasteiger partial charge in [0.05, 0.1) is 11.3 Å². The van der Waals surface area contributed by atoms with Gasteiger partial charge in [-0.2, -0.15) is 0 Å². The van der Waals surface area contributed by atoms with E-state index in [0.29, 0.717) is 16.8 Å². The summed E-state index contributed by atoms with van der Waals surface area (Å²) in [6.45, 7) is 3.67. The zero-order chi connectivity index (χ0) is 14.7. The van der Waals surface area contributed by atoms with E-state index in [-0.39, 0.29) is 11.6 Å². The first kappa shape index (κ1) is 14.1. The van der Waals surface area contributed by atoms with Gasteiger partial charge >= 0.3 is 0 Å². The van der Waals surface area contributed by atoms with E-state index in [1.165, 1.54) is 6.07 Å². The van der Waals surface area contributed by atoms with Crippen LogP contribution in [0.2, 0.25) is 0 Å². The Bertz CT molecular complexity index is 633. The Hall–Kier alpha value is -2.36. The van der Waals surface area contributed by atoms with E-state index < -0.39 is 5.82 Å². The van der Waals surface area contributed by atoms with Crippen molar-refractivity contribution in [3.8, 4) is 0 Å². The molecule has 0 aromatic heterocycles. The van der Waals surface area contributed by atoms with E-state index in [1.807, 2.05) is 19.1 Å². The average Bonchev–Trinajstić information content (AvgIpc) is 2.43. The van der Waals surface area contributed by atoms with Crippen LogP contribution in [0.1, 0.15) is 21.5 Å². The Kier molecular flexibility index (Phi) is 4.03. The second-order valence-electron chi connectivity index (χ2n) is 4.68. The van der Waals surface area contributed by atoms with Crippen molar-refractivity contribution in [2.45, 2.75) is 13.8 Å². The second-order valence-corrected chi connectivity index (χ2v) is 4.68. The molecule has 0 bridgehead atoms. The Morgan fingerprint density at radius 2 is 1.90 bits per heavy atom. The minimum absolute atomic E-state index is 0.223. The van der Waals surface area contributed by atoms with Gasteiger partial charge < -0.3 is 10.6 Å². The Balaban J connectivity index is 2.35. The van der Waals surface area contributed by atoms with Crippen molar-refractivity contribution in [1.82, 2.24) is 0 Å². The van der Waals surface area contributed by atoms with Crippen molar-refractivity contribution in [1.29, 1.82) is 0 Å². The molecule has 20 heavy (non-hydrogen) atoms. The monoisotopic (exact) mass is 272 g/mol. The van der Waals surface area contributed by atoms with Crippen LogP contribution in [0.5, 0.6) is 0 Å². The minimum Gasteiger partial charge on any atom is -0.387 e. The van der Waals surface area contributed by atoms with E-state index in [0.717, 1.165) is 5.56 Å². The quantitative estimate of drug-likeness (QED) is 0.893. The van der Waals surface area contributed by atoms with Gasteiger partial charge in [0.25, 0.3) is 5.91 Å². The number of aryl methyl sites for hydroxylation is 2. The highest BCUT2D eigenvalue weighted by Crippen LogP contribution is 2.22. The molecule has 1 amide bonds. The lowest BCUT2D eigenvalue weighted by atomic mass is 10.1. The standard InChI is InChI=1S/C16H17FN2O/c1-10-7-8-14(18-3)12(9-10)16(20)19-15-11(2)5-4-6-13(15)17/h4-9,18H,1-3H3,(H,19,20). The largest absolute Gasteiger partial charge is 0.387 e. The van der Waals surface area contributed by atoms with Gasteiger partial charge in [-0.3, -0.25) is 4.79 Å². The first-order valence-corrected chi connectivity index (χ1v) is 6.38. The zero-order valence-electron chi connectivity index (χ0n) is 11.8. The molecular formula is C16H17FN2O. The molecule has 2 aromatic rings. The average molecular weight is 272 g/mol. The van der Waals surface area contributed by atoms with Gasteiger partial charge in [-0.05, 0) is 37.6 Å². The third kappa shape index (κ3) is 2.79. The molecular weight excluding hydrogens is 255 g/mol. The summed E-state index contributed by atoms with van der Waals surface area (Å²) in [5, 5.41) is 5.61. The fraction of sp³-hybridized carbons (Fsp3) is 0.188. The van der Waals surface area contributed by atoms with E-state index in [2.05, 4.69) is 10.6 Å². The van der Waals surface area contributed by atoms with E-state index in [9.17, 15) is 9.18 Å². The predicted octanol–water partition coefficient (Wildman–Crippen LogP) is 3.74. The summed E-state index contributed by atoms with van der Waals surface area (Å²) in [7, 11) is 1.75. The summed E-state index contributed by atoms with van der Waals surface area (Å²) in [6, 6.07) is 10.2. The van der Waals surface area contributed by atoms with Crippen molar-refractivity contribution in [3.05, 3.63) is 58.9 Å². The van der Waals surface area contributed by atoms with Crippen LogP contribution in [-0.4, -0.2) is 13.0 Å². The number of amides is 1. The second kappa shape index (κ2) is 5.74. The molecule has 0 fully saturated rings. The molecule has 3 nitrogen and oxygen atoms in total. The molecule has 2 N–H and O–H groups in total. The van der Waals surface area contributed by atoms with E-state index >= 15 is 0 Å². The van der Waals surface area contributed by atoms with Crippen LogP contribution in [0.4, 0.5) is 15.8 Å². The van der Waals surface area contributed by atoms with Gasteiger partial charge in [-0.1, -0.05) is 23.8 Å². The fourth-order valence-corrected chi connectivity index (χ4v) is 2.04. The maximum atomic E-state index is 13.8. The Morgan fingerprint density at radius 1 is 1.15 bits per heavy atom. The molecule has 0 aliphatic heterocycles. The van der Waals surface area contributed by atoms with Crippen LogP contribution < -0.4 is 10.6 Å². The van der Waals surface area contributed by atoms with Crippen LogP contribution >= 0.6 is 0 Å². The molecule has 0 unspecified atom stereocenters. The Labute approximate surface area is 117 Å². The smallest absolute Gasteiger partial charge is 0.257 e.